The summed E-state index contributed by atoms with van der Waals surface area (Å²) in [7, 11) is 0. The van der Waals surface area contributed by atoms with Gasteiger partial charge in [0.25, 0.3) is 0 Å². The van der Waals surface area contributed by atoms with Crippen molar-refractivity contribution in [2.75, 3.05) is 5.75 Å². The smallest absolute Gasteiger partial charge is 0.167 e. The second kappa shape index (κ2) is 2.70. The molecule has 0 atom stereocenters. The van der Waals surface area contributed by atoms with E-state index < -0.39 is 0 Å². The van der Waals surface area contributed by atoms with E-state index in [2.05, 4.69) is 0 Å². The number of rotatable bonds is 0. The van der Waals surface area contributed by atoms with E-state index in [-0.39, 0.29) is 5.78 Å². The Morgan fingerprint density at radius 3 is 3.00 bits per heavy atom. The molecule has 0 aromatic heterocycles. The van der Waals surface area contributed by atoms with Gasteiger partial charge in [-0.15, -0.1) is 11.8 Å². The molecule has 56 valence electrons. The molecule has 0 bridgehead atoms. The van der Waals surface area contributed by atoms with Gasteiger partial charge in [-0.2, -0.15) is 0 Å². The number of hydrogen-bond donors (Lipinski definition) is 0. The topological polar surface area (TPSA) is 17.1 Å². The van der Waals surface area contributed by atoms with Crippen LogP contribution in [0, 0.1) is 0 Å². The summed E-state index contributed by atoms with van der Waals surface area (Å²) >= 11 is 1.74. The van der Waals surface area contributed by atoms with Gasteiger partial charge in [0.1, 0.15) is 0 Å². The molecule has 0 spiro atoms. The van der Waals surface area contributed by atoms with E-state index in [1.165, 1.54) is 0 Å². The maximum atomic E-state index is 11.3. The van der Waals surface area contributed by atoms with E-state index in [0.29, 0.717) is 6.42 Å². The lowest BCUT2D eigenvalue weighted by atomic mass is 10.0. The third-order valence-corrected chi connectivity index (χ3v) is 2.78. The van der Waals surface area contributed by atoms with E-state index >= 15 is 0 Å². The molecule has 0 amide bonds. The molecule has 0 unspecified atom stereocenters. The van der Waals surface area contributed by atoms with Crippen molar-refractivity contribution in [3.8, 4) is 0 Å². The minimum atomic E-state index is 0.256. The lowest BCUT2D eigenvalue weighted by molar-refractivity contribution is -0.114. The fourth-order valence-corrected chi connectivity index (χ4v) is 2.12. The molecule has 2 heteroatoms. The monoisotopic (exact) mass is 164 g/mol. The van der Waals surface area contributed by atoms with E-state index in [1.807, 2.05) is 24.3 Å². The number of ketones is 1. The molecule has 1 nitrogen and oxygen atoms in total. The fourth-order valence-electron chi connectivity index (χ4n) is 1.21. The highest BCUT2D eigenvalue weighted by Crippen LogP contribution is 2.30. The molecule has 0 saturated carbocycles. The van der Waals surface area contributed by atoms with Gasteiger partial charge in [0, 0.05) is 22.7 Å². The standard InChI is InChI=1S/C9H8OS/c10-8-4-1-5-9-7(8)3-2-6-11-9/h1-3,5H,4,6H2. The SMILES string of the molecule is O=C1CC=CC2=C1C=CCS2. The van der Waals surface area contributed by atoms with Crippen LogP contribution in [0.1, 0.15) is 6.42 Å². The predicted octanol–water partition coefficient (Wildman–Crippen LogP) is 2.07. The van der Waals surface area contributed by atoms with Crippen LogP contribution in [-0.4, -0.2) is 11.5 Å². The van der Waals surface area contributed by atoms with Crippen LogP contribution in [0.3, 0.4) is 0 Å². The molecular weight excluding hydrogens is 156 g/mol. The zero-order valence-electron chi connectivity index (χ0n) is 6.04. The molecule has 1 heterocycles. The molecule has 0 aromatic carbocycles. The highest BCUT2D eigenvalue weighted by Gasteiger charge is 2.16. The molecule has 1 aliphatic heterocycles. The number of carbonyl (C=O) groups is 1. The molecule has 0 saturated heterocycles. The third kappa shape index (κ3) is 1.18. The van der Waals surface area contributed by atoms with Crippen molar-refractivity contribution in [2.24, 2.45) is 0 Å². The van der Waals surface area contributed by atoms with Gasteiger partial charge in [-0.1, -0.05) is 24.3 Å². The Kier molecular flexibility index (Phi) is 1.70. The Hall–Kier alpha value is -0.760. The van der Waals surface area contributed by atoms with Crippen molar-refractivity contribution in [2.45, 2.75) is 6.42 Å². The number of hydrogen-bond acceptors (Lipinski definition) is 2. The fraction of sp³-hybridized carbons (Fsp3) is 0.222. The summed E-state index contributed by atoms with van der Waals surface area (Å²) in [5.41, 5.74) is 0.906. The highest BCUT2D eigenvalue weighted by molar-refractivity contribution is 8.03. The summed E-state index contributed by atoms with van der Waals surface area (Å²) in [6.45, 7) is 0. The number of Topliss-reactive ketones (excluding diaryl/α,β-unsaturated/α-hetero) is 1. The predicted molar refractivity (Wildman–Crippen MR) is 47.4 cm³/mol. The molecule has 0 aromatic rings. The van der Waals surface area contributed by atoms with Gasteiger partial charge >= 0.3 is 0 Å². The average Bonchev–Trinajstić information content (AvgIpc) is 2.06. The van der Waals surface area contributed by atoms with Gasteiger partial charge in [-0.05, 0) is 0 Å². The second-order valence-electron chi connectivity index (χ2n) is 2.52. The first-order chi connectivity index (χ1) is 5.38. The summed E-state index contributed by atoms with van der Waals surface area (Å²) in [4.78, 5) is 12.4. The number of thioether (sulfide) groups is 1. The molecule has 0 radical (unpaired) electrons. The van der Waals surface area contributed by atoms with Gasteiger partial charge in [0.15, 0.2) is 5.78 Å². The quantitative estimate of drug-likeness (QED) is 0.545. The minimum Gasteiger partial charge on any atom is -0.294 e. The molecule has 1 aliphatic carbocycles. The van der Waals surface area contributed by atoms with Gasteiger partial charge in [0.2, 0.25) is 0 Å². The first-order valence-electron chi connectivity index (χ1n) is 3.61. The average molecular weight is 164 g/mol. The molecular formula is C9H8OS. The summed E-state index contributed by atoms with van der Waals surface area (Å²) in [5, 5.41) is 0. The zero-order valence-corrected chi connectivity index (χ0v) is 6.86. The van der Waals surface area contributed by atoms with Crippen molar-refractivity contribution in [3.05, 3.63) is 34.8 Å². The summed E-state index contributed by atoms with van der Waals surface area (Å²) in [6, 6.07) is 0. The number of allylic oxidation sites excluding steroid dienone is 4. The van der Waals surface area contributed by atoms with Crippen molar-refractivity contribution < 1.29 is 4.79 Å². The van der Waals surface area contributed by atoms with Crippen LogP contribution in [0.25, 0.3) is 0 Å². The Morgan fingerprint density at radius 1 is 1.27 bits per heavy atom. The van der Waals surface area contributed by atoms with Crippen LogP contribution in [0.5, 0.6) is 0 Å². The van der Waals surface area contributed by atoms with Crippen LogP contribution in [-0.2, 0) is 4.79 Å². The van der Waals surface area contributed by atoms with Crippen molar-refractivity contribution in [1.82, 2.24) is 0 Å². The van der Waals surface area contributed by atoms with Crippen LogP contribution in [0.4, 0.5) is 0 Å². The summed E-state index contributed by atoms with van der Waals surface area (Å²) in [6.07, 6.45) is 8.54. The van der Waals surface area contributed by atoms with E-state index in [9.17, 15) is 4.79 Å². The molecule has 2 aliphatic rings. The first-order valence-corrected chi connectivity index (χ1v) is 4.60. The van der Waals surface area contributed by atoms with Gasteiger partial charge in [-0.3, -0.25) is 4.79 Å². The maximum absolute atomic E-state index is 11.3. The molecule has 2 rings (SSSR count). The maximum Gasteiger partial charge on any atom is 0.167 e. The Balaban J connectivity index is 2.43. The van der Waals surface area contributed by atoms with Crippen LogP contribution in [0.2, 0.25) is 0 Å². The van der Waals surface area contributed by atoms with Crippen molar-refractivity contribution in [3.63, 3.8) is 0 Å². The Bertz CT molecular complexity index is 284. The molecule has 11 heavy (non-hydrogen) atoms. The Labute approximate surface area is 69.9 Å². The summed E-state index contributed by atoms with van der Waals surface area (Å²) < 4.78 is 0. The van der Waals surface area contributed by atoms with Crippen LogP contribution < -0.4 is 0 Å². The van der Waals surface area contributed by atoms with E-state index in [0.717, 1.165) is 16.2 Å². The van der Waals surface area contributed by atoms with Crippen molar-refractivity contribution >= 4 is 17.5 Å². The lowest BCUT2D eigenvalue weighted by Crippen LogP contribution is -2.06. The normalized spacial score (nSPS) is 22.4. The van der Waals surface area contributed by atoms with Crippen LogP contribution >= 0.6 is 11.8 Å². The van der Waals surface area contributed by atoms with Crippen LogP contribution in [0.15, 0.2) is 34.8 Å². The van der Waals surface area contributed by atoms with Gasteiger partial charge in [0.05, 0.1) is 0 Å². The van der Waals surface area contributed by atoms with Gasteiger partial charge in [-0.25, -0.2) is 0 Å². The van der Waals surface area contributed by atoms with E-state index in [4.69, 9.17) is 0 Å². The number of carbonyl (C=O) groups excluding carboxylic acids is 1. The highest BCUT2D eigenvalue weighted by atomic mass is 32.2. The van der Waals surface area contributed by atoms with Crippen molar-refractivity contribution in [1.29, 1.82) is 0 Å². The molecule has 0 N–H and O–H groups in total. The van der Waals surface area contributed by atoms with E-state index in [1.54, 1.807) is 11.8 Å². The zero-order chi connectivity index (χ0) is 7.68. The third-order valence-electron chi connectivity index (χ3n) is 1.76. The second-order valence-corrected chi connectivity index (χ2v) is 3.58. The minimum absolute atomic E-state index is 0.256. The lowest BCUT2D eigenvalue weighted by Gasteiger charge is -2.13. The van der Waals surface area contributed by atoms with Gasteiger partial charge < -0.3 is 0 Å². The molecule has 0 fully saturated rings. The first kappa shape index (κ1) is 6.92. The summed E-state index contributed by atoms with van der Waals surface area (Å²) in [5.74, 6) is 1.25. The largest absolute Gasteiger partial charge is 0.294 e. The Morgan fingerprint density at radius 2 is 2.18 bits per heavy atom.